The van der Waals surface area contributed by atoms with Crippen LogP contribution >= 0.6 is 0 Å². The van der Waals surface area contributed by atoms with Crippen LogP contribution in [0.25, 0.3) is 5.76 Å². The van der Waals surface area contributed by atoms with E-state index < -0.39 is 23.7 Å². The number of esters is 1. The Hall–Kier alpha value is -4.46. The number of anilines is 1. The lowest BCUT2D eigenvalue weighted by Crippen LogP contribution is -2.29. The zero-order chi connectivity index (χ0) is 28.1. The van der Waals surface area contributed by atoms with Crippen molar-refractivity contribution in [2.75, 3.05) is 18.1 Å². The monoisotopic (exact) mass is 528 g/mol. The Kier molecular flexibility index (Phi) is 8.44. The topological polar surface area (TPSA) is 106 Å². The van der Waals surface area contributed by atoms with Crippen LogP contribution in [0.4, 0.5) is 5.69 Å². The minimum atomic E-state index is -0.922. The van der Waals surface area contributed by atoms with Gasteiger partial charge in [-0.15, -0.1) is 0 Å². The molecule has 1 atom stereocenters. The first kappa shape index (κ1) is 27.6. The number of rotatable bonds is 9. The van der Waals surface area contributed by atoms with Gasteiger partial charge in [-0.1, -0.05) is 33.8 Å². The van der Waals surface area contributed by atoms with Gasteiger partial charge in [-0.05, 0) is 72.0 Å². The quantitative estimate of drug-likeness (QED) is 0.168. The van der Waals surface area contributed by atoms with Crippen molar-refractivity contribution in [1.29, 1.82) is 0 Å². The largest absolute Gasteiger partial charge is 0.507 e. The predicted octanol–water partition coefficient (Wildman–Crippen LogP) is 5.56. The second-order valence-electron chi connectivity index (χ2n) is 10.2. The number of amides is 1. The maximum Gasteiger partial charge on any atom is 0.338 e. The van der Waals surface area contributed by atoms with Gasteiger partial charge >= 0.3 is 5.97 Å². The summed E-state index contributed by atoms with van der Waals surface area (Å²) in [6, 6.07) is 15.5. The summed E-state index contributed by atoms with van der Waals surface area (Å²) in [5.74, 6) is -1.19. The van der Waals surface area contributed by atoms with Crippen molar-refractivity contribution in [3.8, 4) is 5.75 Å². The number of hydrogen-bond acceptors (Lipinski definition) is 7. The van der Waals surface area contributed by atoms with E-state index in [-0.39, 0.29) is 17.3 Å². The second kappa shape index (κ2) is 11.9. The number of hydrogen-bond donors (Lipinski definition) is 1. The van der Waals surface area contributed by atoms with Gasteiger partial charge in [0.15, 0.2) is 0 Å². The molecule has 0 spiro atoms. The number of carbonyl (C=O) groups excluding carboxylic acids is 3. The molecule has 0 radical (unpaired) electrons. The van der Waals surface area contributed by atoms with Gasteiger partial charge in [-0.25, -0.2) is 4.79 Å². The Balaban J connectivity index is 1.71. The summed E-state index contributed by atoms with van der Waals surface area (Å²) in [5.41, 5.74) is 1.60. The highest BCUT2D eigenvalue weighted by Crippen LogP contribution is 2.42. The standard InChI is InChI=1S/C31H32N2O6/c1-19(2)17-38-25-13-9-21(10-14-25)28(34)26-27(23-6-5-15-32-16-23)33(30(36)29(26)35)24-11-7-22(8-12-24)31(37)39-18-20(3)4/h5-16,19-20,27,34H,17-18H2,1-4H3/b28-26+. The van der Waals surface area contributed by atoms with Crippen LogP contribution in [-0.2, 0) is 14.3 Å². The van der Waals surface area contributed by atoms with E-state index in [0.29, 0.717) is 47.3 Å². The molecular formula is C31H32N2O6. The SMILES string of the molecule is CC(C)COC(=O)c1ccc(N2C(=O)C(=O)/C(=C(/O)c3ccc(OCC(C)C)cc3)C2c2cccnc2)cc1. The molecule has 1 aromatic heterocycles. The summed E-state index contributed by atoms with van der Waals surface area (Å²) in [7, 11) is 0. The van der Waals surface area contributed by atoms with Crippen molar-refractivity contribution < 1.29 is 29.0 Å². The van der Waals surface area contributed by atoms with E-state index in [1.807, 2.05) is 27.7 Å². The summed E-state index contributed by atoms with van der Waals surface area (Å²) in [6.07, 6.45) is 3.14. The normalized spacial score (nSPS) is 16.7. The summed E-state index contributed by atoms with van der Waals surface area (Å²) in [6.45, 7) is 8.82. The Morgan fingerprint density at radius 2 is 1.56 bits per heavy atom. The molecule has 3 aromatic rings. The molecule has 0 saturated carbocycles. The van der Waals surface area contributed by atoms with E-state index in [2.05, 4.69) is 4.98 Å². The maximum atomic E-state index is 13.3. The molecule has 1 aliphatic heterocycles. The molecule has 2 aromatic carbocycles. The molecule has 1 saturated heterocycles. The third-order valence-electron chi connectivity index (χ3n) is 6.08. The minimum absolute atomic E-state index is 0.0516. The lowest BCUT2D eigenvalue weighted by atomic mass is 9.96. The van der Waals surface area contributed by atoms with Crippen molar-refractivity contribution in [3.63, 3.8) is 0 Å². The zero-order valence-corrected chi connectivity index (χ0v) is 22.5. The van der Waals surface area contributed by atoms with Crippen molar-refractivity contribution >= 4 is 29.1 Å². The number of carbonyl (C=O) groups is 3. The fraction of sp³-hybridized carbons (Fsp3) is 0.290. The van der Waals surface area contributed by atoms with Crippen LogP contribution in [0.5, 0.6) is 5.75 Å². The van der Waals surface area contributed by atoms with Gasteiger partial charge in [0.05, 0.1) is 30.4 Å². The molecule has 1 fully saturated rings. The molecule has 0 bridgehead atoms. The van der Waals surface area contributed by atoms with Gasteiger partial charge < -0.3 is 14.6 Å². The van der Waals surface area contributed by atoms with Gasteiger partial charge in [-0.2, -0.15) is 0 Å². The minimum Gasteiger partial charge on any atom is -0.507 e. The Bertz CT molecular complexity index is 1360. The van der Waals surface area contributed by atoms with E-state index in [9.17, 15) is 19.5 Å². The van der Waals surface area contributed by atoms with Crippen molar-refractivity contribution in [1.82, 2.24) is 4.98 Å². The molecule has 0 aliphatic carbocycles. The van der Waals surface area contributed by atoms with E-state index in [1.54, 1.807) is 73.1 Å². The zero-order valence-electron chi connectivity index (χ0n) is 22.5. The fourth-order valence-electron chi connectivity index (χ4n) is 4.16. The molecule has 39 heavy (non-hydrogen) atoms. The van der Waals surface area contributed by atoms with Gasteiger partial charge in [0.2, 0.25) is 0 Å². The molecular weight excluding hydrogens is 496 g/mol. The van der Waals surface area contributed by atoms with Gasteiger partial charge in [-0.3, -0.25) is 19.5 Å². The first-order chi connectivity index (χ1) is 18.7. The van der Waals surface area contributed by atoms with Gasteiger partial charge in [0.25, 0.3) is 11.7 Å². The highest BCUT2D eigenvalue weighted by atomic mass is 16.5. The number of aliphatic hydroxyl groups excluding tert-OH is 1. The van der Waals surface area contributed by atoms with E-state index in [0.717, 1.165) is 0 Å². The van der Waals surface area contributed by atoms with Crippen LogP contribution < -0.4 is 9.64 Å². The maximum absolute atomic E-state index is 13.3. The molecule has 8 nitrogen and oxygen atoms in total. The predicted molar refractivity (Wildman–Crippen MR) is 147 cm³/mol. The molecule has 4 rings (SSSR count). The van der Waals surface area contributed by atoms with Crippen LogP contribution in [0.1, 0.15) is 55.2 Å². The molecule has 8 heteroatoms. The van der Waals surface area contributed by atoms with Gasteiger partial charge in [0.1, 0.15) is 11.5 Å². The number of aliphatic hydroxyl groups is 1. The molecule has 1 aliphatic rings. The molecule has 202 valence electrons. The molecule has 1 unspecified atom stereocenters. The number of ketones is 1. The number of ether oxygens (including phenoxy) is 2. The lowest BCUT2D eigenvalue weighted by molar-refractivity contribution is -0.132. The van der Waals surface area contributed by atoms with Crippen molar-refractivity contribution in [3.05, 3.63) is 95.3 Å². The Labute approximate surface area is 227 Å². The Morgan fingerprint density at radius 3 is 2.15 bits per heavy atom. The summed E-state index contributed by atoms with van der Waals surface area (Å²) >= 11 is 0. The van der Waals surface area contributed by atoms with Crippen molar-refractivity contribution in [2.24, 2.45) is 11.8 Å². The lowest BCUT2D eigenvalue weighted by Gasteiger charge is -2.25. The summed E-state index contributed by atoms with van der Waals surface area (Å²) < 4.78 is 11.0. The fourth-order valence-corrected chi connectivity index (χ4v) is 4.16. The third-order valence-corrected chi connectivity index (χ3v) is 6.08. The third kappa shape index (κ3) is 6.17. The summed E-state index contributed by atoms with van der Waals surface area (Å²) in [5, 5.41) is 11.3. The highest BCUT2D eigenvalue weighted by molar-refractivity contribution is 6.51. The molecule has 1 amide bonds. The van der Waals surface area contributed by atoms with Crippen LogP contribution in [0.3, 0.4) is 0 Å². The first-order valence-electron chi connectivity index (χ1n) is 12.9. The van der Waals surface area contributed by atoms with Gasteiger partial charge in [0, 0.05) is 23.6 Å². The Morgan fingerprint density at radius 1 is 0.923 bits per heavy atom. The average molecular weight is 529 g/mol. The number of aromatic nitrogens is 1. The van der Waals surface area contributed by atoms with Crippen molar-refractivity contribution in [2.45, 2.75) is 33.7 Å². The summed E-state index contributed by atoms with van der Waals surface area (Å²) in [4.78, 5) is 44.5. The number of pyridine rings is 1. The van der Waals surface area contributed by atoms with E-state index in [1.165, 1.54) is 4.90 Å². The van der Waals surface area contributed by atoms with Crippen LogP contribution in [0.2, 0.25) is 0 Å². The smallest absolute Gasteiger partial charge is 0.338 e. The first-order valence-corrected chi connectivity index (χ1v) is 12.9. The number of nitrogens with zero attached hydrogens (tertiary/aromatic N) is 2. The van der Waals surface area contributed by atoms with E-state index in [4.69, 9.17) is 9.47 Å². The molecule has 2 heterocycles. The van der Waals surface area contributed by atoms with Crippen LogP contribution in [0, 0.1) is 11.8 Å². The van der Waals surface area contributed by atoms with Crippen LogP contribution in [0.15, 0.2) is 78.6 Å². The second-order valence-corrected chi connectivity index (χ2v) is 10.2. The average Bonchev–Trinajstić information content (AvgIpc) is 3.21. The van der Waals surface area contributed by atoms with Crippen LogP contribution in [-0.4, -0.2) is 41.0 Å². The number of benzene rings is 2. The number of Topliss-reactive ketones (excluding diaryl/α,β-unsaturated/α-hetero) is 1. The van der Waals surface area contributed by atoms with E-state index >= 15 is 0 Å². The highest BCUT2D eigenvalue weighted by Gasteiger charge is 2.47. The molecule has 1 N–H and O–H groups in total.